The van der Waals surface area contributed by atoms with Gasteiger partial charge in [0, 0.05) is 12.3 Å². The standard InChI is InChI=1S/C18H20O8/c1-18(22)7-10(19)14(16(20)23-2)13(15(18)17(21)24-3)9-4-5-11-12(6-9)26-8-25-11/h4-6,13-15,22H,7-8H2,1-3H3/t13-,14+,15+,18-/m1/s1. The van der Waals surface area contributed by atoms with E-state index in [0.717, 1.165) is 0 Å². The van der Waals surface area contributed by atoms with E-state index in [1.807, 2.05) is 0 Å². The number of esters is 2. The molecule has 0 spiro atoms. The lowest BCUT2D eigenvalue weighted by Gasteiger charge is -2.43. The molecule has 26 heavy (non-hydrogen) atoms. The summed E-state index contributed by atoms with van der Waals surface area (Å²) in [5.74, 6) is -4.33. The summed E-state index contributed by atoms with van der Waals surface area (Å²) in [6.45, 7) is 1.45. The van der Waals surface area contributed by atoms with E-state index in [0.29, 0.717) is 17.1 Å². The van der Waals surface area contributed by atoms with Crippen LogP contribution in [0, 0.1) is 11.8 Å². The first-order valence-electron chi connectivity index (χ1n) is 8.10. The topological polar surface area (TPSA) is 108 Å². The Bertz CT molecular complexity index is 754. The third-order valence-electron chi connectivity index (χ3n) is 4.96. The maximum atomic E-state index is 12.6. The first-order valence-corrected chi connectivity index (χ1v) is 8.10. The average molecular weight is 364 g/mol. The molecule has 1 aliphatic carbocycles. The number of benzene rings is 1. The molecule has 1 N–H and O–H groups in total. The molecule has 8 nitrogen and oxygen atoms in total. The van der Waals surface area contributed by atoms with Gasteiger partial charge in [-0.3, -0.25) is 14.4 Å². The Morgan fingerprint density at radius 1 is 1.15 bits per heavy atom. The number of rotatable bonds is 3. The molecule has 4 atom stereocenters. The molecule has 1 saturated carbocycles. The van der Waals surface area contributed by atoms with Crippen molar-refractivity contribution in [2.24, 2.45) is 11.8 Å². The molecule has 1 aliphatic heterocycles. The summed E-state index contributed by atoms with van der Waals surface area (Å²) in [7, 11) is 2.37. The molecule has 140 valence electrons. The molecule has 3 rings (SSSR count). The highest BCUT2D eigenvalue weighted by Crippen LogP contribution is 2.48. The van der Waals surface area contributed by atoms with Gasteiger partial charge in [0.15, 0.2) is 17.3 Å². The van der Waals surface area contributed by atoms with Crippen LogP contribution in [0.2, 0.25) is 0 Å². The van der Waals surface area contributed by atoms with E-state index >= 15 is 0 Å². The van der Waals surface area contributed by atoms with Crippen molar-refractivity contribution in [1.29, 1.82) is 0 Å². The molecular formula is C18H20O8. The smallest absolute Gasteiger partial charge is 0.316 e. The van der Waals surface area contributed by atoms with Crippen LogP contribution in [0.5, 0.6) is 11.5 Å². The van der Waals surface area contributed by atoms with Crippen molar-refractivity contribution in [1.82, 2.24) is 0 Å². The maximum absolute atomic E-state index is 12.6. The Morgan fingerprint density at radius 3 is 2.46 bits per heavy atom. The predicted octanol–water partition coefficient (Wildman–Crippen LogP) is 0.801. The minimum absolute atomic E-state index is 0.0565. The Balaban J connectivity index is 2.15. The molecule has 0 amide bonds. The van der Waals surface area contributed by atoms with E-state index in [2.05, 4.69) is 0 Å². The van der Waals surface area contributed by atoms with Gasteiger partial charge in [0.1, 0.15) is 5.92 Å². The molecule has 0 unspecified atom stereocenters. The summed E-state index contributed by atoms with van der Waals surface area (Å²) < 4.78 is 20.3. The molecule has 0 saturated heterocycles. The summed E-state index contributed by atoms with van der Waals surface area (Å²) in [6, 6.07) is 4.88. The van der Waals surface area contributed by atoms with Crippen LogP contribution in [0.1, 0.15) is 24.8 Å². The Labute approximate surface area is 150 Å². The van der Waals surface area contributed by atoms with Crippen molar-refractivity contribution in [3.05, 3.63) is 23.8 Å². The Hall–Kier alpha value is -2.61. The quantitative estimate of drug-likeness (QED) is 0.620. The van der Waals surface area contributed by atoms with Crippen LogP contribution < -0.4 is 9.47 Å². The van der Waals surface area contributed by atoms with Gasteiger partial charge in [-0.15, -0.1) is 0 Å². The highest BCUT2D eigenvalue weighted by Gasteiger charge is 2.57. The van der Waals surface area contributed by atoms with Crippen LogP contribution in [0.3, 0.4) is 0 Å². The van der Waals surface area contributed by atoms with Gasteiger partial charge in [-0.25, -0.2) is 0 Å². The number of fused-ring (bicyclic) bond motifs is 1. The van der Waals surface area contributed by atoms with Crippen LogP contribution in [0.25, 0.3) is 0 Å². The largest absolute Gasteiger partial charge is 0.469 e. The number of aliphatic hydroxyl groups is 1. The number of ketones is 1. The van der Waals surface area contributed by atoms with Gasteiger partial charge < -0.3 is 24.1 Å². The van der Waals surface area contributed by atoms with E-state index in [4.69, 9.17) is 18.9 Å². The zero-order valence-electron chi connectivity index (χ0n) is 14.7. The van der Waals surface area contributed by atoms with Crippen molar-refractivity contribution in [3.8, 4) is 11.5 Å². The SMILES string of the molecule is COC(=O)[C@H]1C(=O)C[C@@](C)(O)[C@H](C(=O)OC)[C@@H]1c1ccc2c(c1)OCO2. The first-order chi connectivity index (χ1) is 12.3. The molecule has 0 radical (unpaired) electrons. The number of methoxy groups -OCH3 is 2. The molecule has 1 heterocycles. The van der Waals surface area contributed by atoms with Crippen LogP contribution in [-0.4, -0.2) is 49.4 Å². The number of Topliss-reactive ketones (excluding diaryl/α,β-unsaturated/α-hetero) is 1. The van der Waals surface area contributed by atoms with Gasteiger partial charge in [0.25, 0.3) is 0 Å². The number of carbonyl (C=O) groups is 3. The van der Waals surface area contributed by atoms with Gasteiger partial charge in [0.05, 0.1) is 25.7 Å². The van der Waals surface area contributed by atoms with E-state index in [9.17, 15) is 19.5 Å². The van der Waals surface area contributed by atoms with Crippen molar-refractivity contribution >= 4 is 17.7 Å². The lowest BCUT2D eigenvalue weighted by molar-refractivity contribution is -0.170. The summed E-state index contributed by atoms with van der Waals surface area (Å²) in [5.41, 5.74) is -1.19. The summed E-state index contributed by atoms with van der Waals surface area (Å²) >= 11 is 0. The van der Waals surface area contributed by atoms with Gasteiger partial charge in [-0.05, 0) is 24.6 Å². The lowest BCUT2D eigenvalue weighted by atomic mass is 9.61. The number of hydrogen-bond donors (Lipinski definition) is 1. The third kappa shape index (κ3) is 2.90. The van der Waals surface area contributed by atoms with Crippen LogP contribution in [0.4, 0.5) is 0 Å². The molecule has 0 bridgehead atoms. The van der Waals surface area contributed by atoms with E-state index in [-0.39, 0.29) is 13.2 Å². The van der Waals surface area contributed by atoms with Crippen molar-refractivity contribution < 1.29 is 38.4 Å². The number of ether oxygens (including phenoxy) is 4. The number of carbonyl (C=O) groups excluding carboxylic acids is 3. The maximum Gasteiger partial charge on any atom is 0.316 e. The molecule has 8 heteroatoms. The second-order valence-electron chi connectivity index (χ2n) is 6.64. The molecule has 1 aromatic rings. The normalized spacial score (nSPS) is 30.0. The van der Waals surface area contributed by atoms with Gasteiger partial charge in [-0.1, -0.05) is 6.07 Å². The first kappa shape index (κ1) is 18.2. The fraction of sp³-hybridized carbons (Fsp3) is 0.500. The summed E-state index contributed by atoms with van der Waals surface area (Å²) in [6.07, 6.45) is -0.354. The average Bonchev–Trinajstić information content (AvgIpc) is 3.06. The Kier molecular flexibility index (Phi) is 4.62. The highest BCUT2D eigenvalue weighted by molar-refractivity contribution is 6.02. The van der Waals surface area contributed by atoms with Gasteiger partial charge in [-0.2, -0.15) is 0 Å². The predicted molar refractivity (Wildman–Crippen MR) is 86.6 cm³/mol. The van der Waals surface area contributed by atoms with Crippen molar-refractivity contribution in [2.75, 3.05) is 21.0 Å². The number of hydrogen-bond acceptors (Lipinski definition) is 8. The van der Waals surface area contributed by atoms with Crippen LogP contribution in [0.15, 0.2) is 18.2 Å². The van der Waals surface area contributed by atoms with Gasteiger partial charge >= 0.3 is 11.9 Å². The van der Waals surface area contributed by atoms with Gasteiger partial charge in [0.2, 0.25) is 6.79 Å². The third-order valence-corrected chi connectivity index (χ3v) is 4.96. The lowest BCUT2D eigenvalue weighted by Crippen LogP contribution is -2.55. The molecular weight excluding hydrogens is 344 g/mol. The van der Waals surface area contributed by atoms with E-state index in [1.165, 1.54) is 21.1 Å². The second-order valence-corrected chi connectivity index (χ2v) is 6.64. The van der Waals surface area contributed by atoms with Crippen molar-refractivity contribution in [2.45, 2.75) is 24.9 Å². The zero-order chi connectivity index (χ0) is 19.1. The summed E-state index contributed by atoms with van der Waals surface area (Å²) in [5, 5.41) is 10.8. The molecule has 2 aliphatic rings. The minimum atomic E-state index is -1.67. The van der Waals surface area contributed by atoms with Crippen LogP contribution >= 0.6 is 0 Å². The molecule has 1 aromatic carbocycles. The fourth-order valence-electron chi connectivity index (χ4n) is 3.79. The molecule has 0 aromatic heterocycles. The van der Waals surface area contributed by atoms with Crippen LogP contribution in [-0.2, 0) is 23.9 Å². The highest BCUT2D eigenvalue weighted by atomic mass is 16.7. The van der Waals surface area contributed by atoms with E-state index < -0.39 is 41.1 Å². The second kappa shape index (κ2) is 6.60. The summed E-state index contributed by atoms with van der Waals surface area (Å²) in [4.78, 5) is 37.4. The van der Waals surface area contributed by atoms with E-state index in [1.54, 1.807) is 18.2 Å². The Morgan fingerprint density at radius 2 is 1.81 bits per heavy atom. The minimum Gasteiger partial charge on any atom is -0.469 e. The fourth-order valence-corrected chi connectivity index (χ4v) is 3.79. The monoisotopic (exact) mass is 364 g/mol. The molecule has 1 fully saturated rings. The van der Waals surface area contributed by atoms with Crippen molar-refractivity contribution in [3.63, 3.8) is 0 Å². The zero-order valence-corrected chi connectivity index (χ0v) is 14.7.